The highest BCUT2D eigenvalue weighted by molar-refractivity contribution is 8.14. The monoisotopic (exact) mass is 372 g/mol. The largest absolute Gasteiger partial charge is 0.465 e. The highest BCUT2D eigenvalue weighted by Crippen LogP contribution is 2.29. The predicted octanol–water partition coefficient (Wildman–Crippen LogP) is 3.79. The number of hydrogen-bond donors (Lipinski definition) is 0. The van der Waals surface area contributed by atoms with Crippen LogP contribution in [0.2, 0.25) is 0 Å². The number of hydrogen-bond acceptors (Lipinski definition) is 6. The van der Waals surface area contributed by atoms with Crippen LogP contribution in [0.5, 0.6) is 0 Å². The number of benzene rings is 1. The first-order valence-corrected chi connectivity index (χ1v) is 9.62. The van der Waals surface area contributed by atoms with Gasteiger partial charge in [0.1, 0.15) is 5.70 Å². The molecule has 1 aromatic carbocycles. The predicted molar refractivity (Wildman–Crippen MR) is 103 cm³/mol. The standard InChI is InChI=1S/C18H16N2O3S2/c1-2-23-16(21)12-25-18-19-15(10-13-8-9-24-11-13)17(22)20(18)14-6-4-3-5-7-14/h3-11H,2,12H2,1H3. The van der Waals surface area contributed by atoms with Gasteiger partial charge in [0.05, 0.1) is 18.0 Å². The molecule has 0 N–H and O–H groups in total. The zero-order chi connectivity index (χ0) is 17.6. The summed E-state index contributed by atoms with van der Waals surface area (Å²) in [5.41, 5.74) is 2.01. The Morgan fingerprint density at radius 1 is 1.32 bits per heavy atom. The Labute approximate surface area is 154 Å². The normalized spacial score (nSPS) is 15.6. The third-order valence-electron chi connectivity index (χ3n) is 3.31. The van der Waals surface area contributed by atoms with Gasteiger partial charge in [-0.25, -0.2) is 4.99 Å². The Kier molecular flexibility index (Phi) is 5.67. The number of aliphatic imine (C=N–C) groups is 1. The van der Waals surface area contributed by atoms with Crippen molar-refractivity contribution < 1.29 is 14.3 Å². The summed E-state index contributed by atoms with van der Waals surface area (Å²) < 4.78 is 4.95. The van der Waals surface area contributed by atoms with Crippen LogP contribution >= 0.6 is 23.1 Å². The summed E-state index contributed by atoms with van der Waals surface area (Å²) in [5.74, 6) is -0.427. The van der Waals surface area contributed by atoms with Gasteiger partial charge in [0, 0.05) is 0 Å². The Morgan fingerprint density at radius 2 is 2.12 bits per heavy atom. The van der Waals surface area contributed by atoms with E-state index in [1.807, 2.05) is 47.2 Å². The Morgan fingerprint density at radius 3 is 2.80 bits per heavy atom. The molecular formula is C18H16N2O3S2. The molecule has 0 unspecified atom stereocenters. The maximum absolute atomic E-state index is 12.8. The molecule has 0 fully saturated rings. The molecule has 128 valence electrons. The van der Waals surface area contributed by atoms with Crippen LogP contribution in [-0.4, -0.2) is 29.4 Å². The molecule has 25 heavy (non-hydrogen) atoms. The number of carbonyl (C=O) groups is 2. The lowest BCUT2D eigenvalue weighted by Gasteiger charge is -2.17. The van der Waals surface area contributed by atoms with E-state index in [1.54, 1.807) is 24.3 Å². The van der Waals surface area contributed by atoms with E-state index >= 15 is 0 Å². The molecule has 0 atom stereocenters. The van der Waals surface area contributed by atoms with Crippen molar-refractivity contribution in [3.8, 4) is 0 Å². The van der Waals surface area contributed by atoms with Crippen LogP contribution in [0.15, 0.2) is 57.8 Å². The molecule has 0 bridgehead atoms. The minimum Gasteiger partial charge on any atom is -0.465 e. The second-order valence-electron chi connectivity index (χ2n) is 5.05. The summed E-state index contributed by atoms with van der Waals surface area (Å²) in [6.07, 6.45) is 1.76. The fourth-order valence-corrected chi connectivity index (χ4v) is 3.67. The highest BCUT2D eigenvalue weighted by atomic mass is 32.2. The van der Waals surface area contributed by atoms with Gasteiger partial charge in [-0.1, -0.05) is 30.0 Å². The Hall–Kier alpha value is -2.38. The first kappa shape index (κ1) is 17.4. The van der Waals surface area contributed by atoms with Crippen LogP contribution in [0.25, 0.3) is 6.08 Å². The molecule has 5 nitrogen and oxygen atoms in total. The van der Waals surface area contributed by atoms with E-state index in [0.717, 1.165) is 11.3 Å². The third kappa shape index (κ3) is 4.18. The van der Waals surface area contributed by atoms with Gasteiger partial charge in [0.25, 0.3) is 5.91 Å². The van der Waals surface area contributed by atoms with Crippen molar-refractivity contribution in [2.24, 2.45) is 4.99 Å². The van der Waals surface area contributed by atoms with Gasteiger partial charge in [-0.3, -0.25) is 14.5 Å². The van der Waals surface area contributed by atoms with E-state index in [4.69, 9.17) is 4.74 Å². The SMILES string of the molecule is CCOC(=O)CSC1=NC(=Cc2ccsc2)C(=O)N1c1ccccc1. The maximum Gasteiger partial charge on any atom is 0.316 e. The number of para-hydroxylation sites is 1. The third-order valence-corrected chi connectivity index (χ3v) is 4.93. The number of amides is 1. The van der Waals surface area contributed by atoms with Gasteiger partial charge in [-0.05, 0) is 47.5 Å². The average molecular weight is 372 g/mol. The lowest BCUT2D eigenvalue weighted by atomic mass is 10.2. The first-order chi connectivity index (χ1) is 12.2. The zero-order valence-electron chi connectivity index (χ0n) is 13.5. The van der Waals surface area contributed by atoms with E-state index in [9.17, 15) is 9.59 Å². The van der Waals surface area contributed by atoms with Crippen molar-refractivity contribution >= 4 is 51.9 Å². The summed E-state index contributed by atoms with van der Waals surface area (Å²) in [4.78, 5) is 30.5. The van der Waals surface area contributed by atoms with Gasteiger partial charge in [-0.2, -0.15) is 11.3 Å². The van der Waals surface area contributed by atoms with Crippen LogP contribution in [-0.2, 0) is 14.3 Å². The number of thioether (sulfide) groups is 1. The molecule has 3 rings (SSSR count). The summed E-state index contributed by atoms with van der Waals surface area (Å²) in [6.45, 7) is 2.09. The van der Waals surface area contributed by atoms with Crippen LogP contribution in [0.1, 0.15) is 12.5 Å². The molecule has 0 radical (unpaired) electrons. The number of amidine groups is 1. The fraction of sp³-hybridized carbons (Fsp3) is 0.167. The number of thiophene rings is 1. The molecule has 7 heteroatoms. The lowest BCUT2D eigenvalue weighted by molar-refractivity contribution is -0.139. The van der Waals surface area contributed by atoms with Gasteiger partial charge < -0.3 is 4.74 Å². The summed E-state index contributed by atoms with van der Waals surface area (Å²) >= 11 is 2.75. The van der Waals surface area contributed by atoms with E-state index in [-0.39, 0.29) is 17.6 Å². The summed E-state index contributed by atoms with van der Waals surface area (Å²) in [7, 11) is 0. The summed E-state index contributed by atoms with van der Waals surface area (Å²) in [6, 6.07) is 11.2. The Bertz CT molecular complexity index is 814. The van der Waals surface area contributed by atoms with Crippen molar-refractivity contribution in [3.05, 3.63) is 58.4 Å². The number of esters is 1. The van der Waals surface area contributed by atoms with Crippen LogP contribution in [0.4, 0.5) is 5.69 Å². The molecular weight excluding hydrogens is 356 g/mol. The quantitative estimate of drug-likeness (QED) is 0.592. The van der Waals surface area contributed by atoms with Crippen LogP contribution in [0.3, 0.4) is 0 Å². The number of carbonyl (C=O) groups excluding carboxylic acids is 2. The summed E-state index contributed by atoms with van der Waals surface area (Å²) in [5, 5.41) is 4.37. The van der Waals surface area contributed by atoms with E-state index in [1.165, 1.54) is 16.7 Å². The number of anilines is 1. The van der Waals surface area contributed by atoms with Gasteiger partial charge in [0.15, 0.2) is 5.17 Å². The van der Waals surface area contributed by atoms with Gasteiger partial charge >= 0.3 is 5.97 Å². The lowest BCUT2D eigenvalue weighted by Crippen LogP contribution is -2.30. The molecule has 1 aliphatic rings. The van der Waals surface area contributed by atoms with Crippen molar-refractivity contribution in [1.29, 1.82) is 0 Å². The molecule has 0 spiro atoms. The van der Waals surface area contributed by atoms with E-state index in [2.05, 4.69) is 4.99 Å². The van der Waals surface area contributed by atoms with Gasteiger partial charge in [0.2, 0.25) is 0 Å². The molecule has 0 saturated carbocycles. The van der Waals surface area contributed by atoms with Crippen molar-refractivity contribution in [3.63, 3.8) is 0 Å². The molecule has 0 saturated heterocycles. The molecule has 1 amide bonds. The number of rotatable bonds is 5. The zero-order valence-corrected chi connectivity index (χ0v) is 15.2. The van der Waals surface area contributed by atoms with Crippen LogP contribution < -0.4 is 4.90 Å². The van der Waals surface area contributed by atoms with Crippen molar-refractivity contribution in [1.82, 2.24) is 0 Å². The van der Waals surface area contributed by atoms with E-state index < -0.39 is 0 Å². The van der Waals surface area contributed by atoms with Gasteiger partial charge in [-0.15, -0.1) is 0 Å². The Balaban J connectivity index is 1.88. The minimum absolute atomic E-state index is 0.106. The minimum atomic E-state index is -0.328. The molecule has 1 aliphatic heterocycles. The second kappa shape index (κ2) is 8.13. The molecule has 2 heterocycles. The fourth-order valence-electron chi connectivity index (χ4n) is 2.24. The molecule has 1 aromatic heterocycles. The number of nitrogens with zero attached hydrogens (tertiary/aromatic N) is 2. The first-order valence-electron chi connectivity index (χ1n) is 7.69. The van der Waals surface area contributed by atoms with Crippen LogP contribution in [0, 0.1) is 0 Å². The smallest absolute Gasteiger partial charge is 0.316 e. The highest BCUT2D eigenvalue weighted by Gasteiger charge is 2.32. The molecule has 0 aliphatic carbocycles. The second-order valence-corrected chi connectivity index (χ2v) is 6.77. The topological polar surface area (TPSA) is 59.0 Å². The van der Waals surface area contributed by atoms with Crippen molar-refractivity contribution in [2.75, 3.05) is 17.3 Å². The number of ether oxygens (including phenoxy) is 1. The van der Waals surface area contributed by atoms with Crippen molar-refractivity contribution in [2.45, 2.75) is 6.92 Å². The maximum atomic E-state index is 12.8. The average Bonchev–Trinajstić information content (AvgIpc) is 3.23. The van der Waals surface area contributed by atoms with E-state index in [0.29, 0.717) is 17.5 Å². The molecule has 2 aromatic rings.